The highest BCUT2D eigenvalue weighted by Crippen LogP contribution is 2.36. The van der Waals surface area contributed by atoms with E-state index in [2.05, 4.69) is 5.32 Å². The maximum atomic E-state index is 12.8. The average molecular weight is 386 g/mol. The van der Waals surface area contributed by atoms with Crippen molar-refractivity contribution in [3.8, 4) is 0 Å². The van der Waals surface area contributed by atoms with Crippen LogP contribution in [-0.4, -0.2) is 62.1 Å². The van der Waals surface area contributed by atoms with E-state index in [-0.39, 0.29) is 40.0 Å². The molecule has 8 nitrogen and oxygen atoms in total. The standard InChI is InChI=1S/C20H26N4O4/c1-11-13(18(26)16(19(27)22-2)17(21)12-6-7-12)8-9-14(24(5)10-25)15(11)20(28)23(3)4/h8-10,12,21,26H,6-7H2,1-5H3,(H,22,27). The maximum absolute atomic E-state index is 12.8. The lowest BCUT2D eigenvalue weighted by Crippen LogP contribution is -2.28. The largest absolute Gasteiger partial charge is 0.506 e. The number of aliphatic hydroxyl groups excluding tert-OH is 1. The minimum atomic E-state index is -0.552. The number of nitrogens with zero attached hydrogens (tertiary/aromatic N) is 2. The van der Waals surface area contributed by atoms with Gasteiger partial charge in [0.15, 0.2) is 0 Å². The first kappa shape index (κ1) is 21.1. The summed E-state index contributed by atoms with van der Waals surface area (Å²) in [6.45, 7) is 1.65. The van der Waals surface area contributed by atoms with E-state index in [1.807, 2.05) is 0 Å². The van der Waals surface area contributed by atoms with Crippen LogP contribution >= 0.6 is 0 Å². The number of hydrogen-bond donors (Lipinski definition) is 3. The molecule has 1 aliphatic rings. The Balaban J connectivity index is 2.74. The van der Waals surface area contributed by atoms with Crippen molar-refractivity contribution in [2.75, 3.05) is 33.1 Å². The summed E-state index contributed by atoms with van der Waals surface area (Å²) in [5.41, 5.74) is 1.34. The molecule has 1 aliphatic carbocycles. The maximum Gasteiger partial charge on any atom is 0.256 e. The Morgan fingerprint density at radius 1 is 1.25 bits per heavy atom. The molecule has 1 saturated carbocycles. The zero-order valence-electron chi connectivity index (χ0n) is 16.8. The first-order valence-corrected chi connectivity index (χ1v) is 8.93. The summed E-state index contributed by atoms with van der Waals surface area (Å²) in [5, 5.41) is 21.7. The Morgan fingerprint density at radius 2 is 1.86 bits per heavy atom. The van der Waals surface area contributed by atoms with Gasteiger partial charge in [-0.05, 0) is 37.5 Å². The smallest absolute Gasteiger partial charge is 0.256 e. The molecule has 1 aromatic rings. The molecule has 8 heteroatoms. The molecule has 150 valence electrons. The van der Waals surface area contributed by atoms with Gasteiger partial charge in [0.25, 0.3) is 11.8 Å². The Bertz CT molecular complexity index is 869. The molecule has 28 heavy (non-hydrogen) atoms. The highest BCUT2D eigenvalue weighted by atomic mass is 16.3. The molecule has 0 saturated heterocycles. The van der Waals surface area contributed by atoms with E-state index in [9.17, 15) is 19.5 Å². The number of hydrogen-bond acceptors (Lipinski definition) is 5. The van der Waals surface area contributed by atoms with Gasteiger partial charge in [-0.25, -0.2) is 0 Å². The second kappa shape index (κ2) is 8.24. The molecule has 0 atom stereocenters. The molecule has 0 spiro atoms. The van der Waals surface area contributed by atoms with Crippen LogP contribution in [0.15, 0.2) is 17.7 Å². The summed E-state index contributed by atoms with van der Waals surface area (Å²) in [6, 6.07) is 3.10. The van der Waals surface area contributed by atoms with E-state index in [1.54, 1.807) is 33.2 Å². The molecule has 0 bridgehead atoms. The van der Waals surface area contributed by atoms with Crippen LogP contribution in [-0.2, 0) is 9.59 Å². The Morgan fingerprint density at radius 3 is 2.32 bits per heavy atom. The number of likely N-dealkylation sites (N-methyl/N-ethyl adjacent to an activating group) is 1. The zero-order chi connectivity index (χ0) is 21.2. The van der Waals surface area contributed by atoms with Gasteiger partial charge in [0.2, 0.25) is 6.41 Å². The first-order valence-electron chi connectivity index (χ1n) is 8.93. The zero-order valence-corrected chi connectivity index (χ0v) is 16.8. The molecule has 1 aromatic carbocycles. The number of carbonyl (C=O) groups excluding carboxylic acids is 3. The monoisotopic (exact) mass is 386 g/mol. The normalized spacial score (nSPS) is 14.0. The van der Waals surface area contributed by atoms with Crippen LogP contribution in [0.1, 0.15) is 34.3 Å². The van der Waals surface area contributed by atoms with E-state index in [0.717, 1.165) is 12.8 Å². The predicted octanol–water partition coefficient (Wildman–Crippen LogP) is 1.73. The van der Waals surface area contributed by atoms with Crippen LogP contribution in [0.25, 0.3) is 5.76 Å². The molecule has 0 radical (unpaired) electrons. The molecule has 3 N–H and O–H groups in total. The second-order valence-corrected chi connectivity index (χ2v) is 7.04. The van der Waals surface area contributed by atoms with Crippen LogP contribution in [0.5, 0.6) is 0 Å². The van der Waals surface area contributed by atoms with Gasteiger partial charge in [-0.3, -0.25) is 14.4 Å². The highest BCUT2D eigenvalue weighted by Gasteiger charge is 2.34. The number of rotatable bonds is 7. The van der Waals surface area contributed by atoms with E-state index in [0.29, 0.717) is 17.7 Å². The summed E-state index contributed by atoms with van der Waals surface area (Å²) in [7, 11) is 6.15. The Kier molecular flexibility index (Phi) is 6.23. The number of carbonyl (C=O) groups is 3. The fraction of sp³-hybridized carbons (Fsp3) is 0.400. The molecule has 0 aliphatic heterocycles. The molecule has 3 amide bonds. The van der Waals surface area contributed by atoms with Gasteiger partial charge in [0.1, 0.15) is 11.3 Å². The fourth-order valence-corrected chi connectivity index (χ4v) is 2.99. The lowest BCUT2D eigenvalue weighted by Gasteiger charge is -2.22. The van der Waals surface area contributed by atoms with Crippen LogP contribution in [0.2, 0.25) is 0 Å². The molecular weight excluding hydrogens is 360 g/mol. The van der Waals surface area contributed by atoms with E-state index in [4.69, 9.17) is 5.41 Å². The third-order valence-corrected chi connectivity index (χ3v) is 4.80. The van der Waals surface area contributed by atoms with Crippen LogP contribution < -0.4 is 10.2 Å². The van der Waals surface area contributed by atoms with E-state index < -0.39 is 5.91 Å². The average Bonchev–Trinajstić information content (AvgIpc) is 3.51. The summed E-state index contributed by atoms with van der Waals surface area (Å²) in [4.78, 5) is 39.0. The Hall–Kier alpha value is -3.16. The number of benzene rings is 1. The number of anilines is 1. The molecule has 2 rings (SSSR count). The van der Waals surface area contributed by atoms with E-state index >= 15 is 0 Å². The summed E-state index contributed by atoms with van der Waals surface area (Å²) in [5.74, 6) is -1.28. The van der Waals surface area contributed by atoms with Gasteiger partial charge < -0.3 is 25.6 Å². The molecule has 1 fully saturated rings. The summed E-state index contributed by atoms with van der Waals surface area (Å²) < 4.78 is 0. The van der Waals surface area contributed by atoms with Crippen molar-refractivity contribution < 1.29 is 19.5 Å². The topological polar surface area (TPSA) is 114 Å². The highest BCUT2D eigenvalue weighted by molar-refractivity contribution is 6.26. The summed E-state index contributed by atoms with van der Waals surface area (Å²) >= 11 is 0. The first-order chi connectivity index (χ1) is 13.1. The van der Waals surface area contributed by atoms with Crippen molar-refractivity contribution in [3.63, 3.8) is 0 Å². The van der Waals surface area contributed by atoms with Crippen LogP contribution in [0.3, 0.4) is 0 Å². The van der Waals surface area contributed by atoms with Gasteiger partial charge in [0, 0.05) is 39.7 Å². The minimum absolute atomic E-state index is 0.0434. The summed E-state index contributed by atoms with van der Waals surface area (Å²) in [6.07, 6.45) is 2.20. The van der Waals surface area contributed by atoms with Crippen molar-refractivity contribution in [1.82, 2.24) is 10.2 Å². The van der Waals surface area contributed by atoms with Crippen molar-refractivity contribution in [2.24, 2.45) is 5.92 Å². The van der Waals surface area contributed by atoms with Gasteiger partial charge in [0.05, 0.1) is 17.0 Å². The van der Waals surface area contributed by atoms with Crippen molar-refractivity contribution in [2.45, 2.75) is 19.8 Å². The molecular formula is C20H26N4O4. The molecule has 0 unspecified atom stereocenters. The minimum Gasteiger partial charge on any atom is -0.506 e. The second-order valence-electron chi connectivity index (χ2n) is 7.04. The van der Waals surface area contributed by atoms with Crippen molar-refractivity contribution in [3.05, 3.63) is 34.4 Å². The van der Waals surface area contributed by atoms with Crippen molar-refractivity contribution >= 4 is 35.4 Å². The Labute approximate surface area is 164 Å². The van der Waals surface area contributed by atoms with Gasteiger partial charge in [-0.1, -0.05) is 0 Å². The van der Waals surface area contributed by atoms with Crippen LogP contribution in [0.4, 0.5) is 5.69 Å². The van der Waals surface area contributed by atoms with Gasteiger partial charge in [-0.2, -0.15) is 0 Å². The number of nitrogens with one attached hydrogen (secondary N) is 2. The third-order valence-electron chi connectivity index (χ3n) is 4.80. The number of aliphatic hydroxyl groups is 1. The molecule has 0 heterocycles. The number of amides is 3. The van der Waals surface area contributed by atoms with Crippen LogP contribution in [0, 0.1) is 18.3 Å². The molecule has 0 aromatic heterocycles. The fourth-order valence-electron chi connectivity index (χ4n) is 2.99. The van der Waals surface area contributed by atoms with Gasteiger partial charge >= 0.3 is 0 Å². The predicted molar refractivity (Wildman–Crippen MR) is 108 cm³/mol. The van der Waals surface area contributed by atoms with E-state index in [1.165, 1.54) is 23.9 Å². The van der Waals surface area contributed by atoms with Crippen molar-refractivity contribution in [1.29, 1.82) is 5.41 Å². The SMILES string of the molecule is CNC(=O)C(C(=N)C1CC1)=C(O)c1ccc(N(C)C=O)c(C(=O)N(C)C)c1C. The lowest BCUT2D eigenvalue weighted by molar-refractivity contribution is -0.116. The third kappa shape index (κ3) is 3.90. The van der Waals surface area contributed by atoms with Gasteiger partial charge in [-0.15, -0.1) is 0 Å². The lowest BCUT2D eigenvalue weighted by atomic mass is 9.93. The quantitative estimate of drug-likeness (QED) is 0.287.